The summed E-state index contributed by atoms with van der Waals surface area (Å²) in [6.07, 6.45) is -0.427. The summed E-state index contributed by atoms with van der Waals surface area (Å²) >= 11 is 5.79. The summed E-state index contributed by atoms with van der Waals surface area (Å²) in [5.41, 5.74) is 5.65. The molecule has 0 unspecified atom stereocenters. The van der Waals surface area contributed by atoms with E-state index in [2.05, 4.69) is 4.74 Å². The van der Waals surface area contributed by atoms with Gasteiger partial charge < -0.3 is 15.6 Å². The molecule has 0 fully saturated rings. The number of nitrogens with two attached hydrogens (primary N) is 1. The molecular formula is C10H10ClF2NO3. The largest absolute Gasteiger partial charge is 0.481 e. The molecule has 1 atom stereocenters. The zero-order valence-corrected chi connectivity index (χ0v) is 9.32. The van der Waals surface area contributed by atoms with Crippen molar-refractivity contribution in [1.82, 2.24) is 0 Å². The van der Waals surface area contributed by atoms with Crippen LogP contribution in [0.2, 0.25) is 5.02 Å². The van der Waals surface area contributed by atoms with Crippen molar-refractivity contribution in [2.24, 2.45) is 5.73 Å². The van der Waals surface area contributed by atoms with E-state index in [1.165, 1.54) is 18.2 Å². The number of hydrogen-bond acceptors (Lipinski definition) is 3. The number of halogens is 3. The third-order valence-corrected chi connectivity index (χ3v) is 2.32. The van der Waals surface area contributed by atoms with E-state index in [-0.39, 0.29) is 16.3 Å². The molecule has 0 aliphatic heterocycles. The van der Waals surface area contributed by atoms with Crippen molar-refractivity contribution in [3.8, 4) is 5.75 Å². The Hall–Kier alpha value is -1.40. The van der Waals surface area contributed by atoms with Gasteiger partial charge in [0, 0.05) is 16.6 Å². The Morgan fingerprint density at radius 1 is 1.53 bits per heavy atom. The fraction of sp³-hybridized carbons (Fsp3) is 0.300. The predicted molar refractivity (Wildman–Crippen MR) is 57.3 cm³/mol. The Balaban J connectivity index is 3.06. The van der Waals surface area contributed by atoms with Gasteiger partial charge in [0.2, 0.25) is 0 Å². The first-order valence-electron chi connectivity index (χ1n) is 4.62. The molecule has 17 heavy (non-hydrogen) atoms. The van der Waals surface area contributed by atoms with E-state index >= 15 is 0 Å². The van der Waals surface area contributed by atoms with Gasteiger partial charge in [-0.05, 0) is 12.1 Å². The van der Waals surface area contributed by atoms with Crippen LogP contribution in [0.4, 0.5) is 8.78 Å². The van der Waals surface area contributed by atoms with Crippen molar-refractivity contribution in [3.63, 3.8) is 0 Å². The van der Waals surface area contributed by atoms with E-state index in [1.807, 2.05) is 0 Å². The smallest absolute Gasteiger partial charge is 0.387 e. The lowest BCUT2D eigenvalue weighted by Gasteiger charge is -2.16. The molecule has 0 aromatic heterocycles. The molecule has 0 saturated heterocycles. The topological polar surface area (TPSA) is 72.6 Å². The van der Waals surface area contributed by atoms with Crippen molar-refractivity contribution in [3.05, 3.63) is 28.8 Å². The Labute approximate surface area is 101 Å². The monoisotopic (exact) mass is 265 g/mol. The van der Waals surface area contributed by atoms with E-state index in [0.29, 0.717) is 0 Å². The summed E-state index contributed by atoms with van der Waals surface area (Å²) in [6, 6.07) is 3.10. The third-order valence-electron chi connectivity index (χ3n) is 1.99. The normalized spacial score (nSPS) is 12.5. The summed E-state index contributed by atoms with van der Waals surface area (Å²) in [6.45, 7) is -3.02. The van der Waals surface area contributed by atoms with Crippen LogP contribution in [0.5, 0.6) is 5.75 Å². The van der Waals surface area contributed by atoms with Crippen molar-refractivity contribution >= 4 is 17.6 Å². The van der Waals surface area contributed by atoms with Gasteiger partial charge in [-0.15, -0.1) is 0 Å². The van der Waals surface area contributed by atoms with Gasteiger partial charge in [-0.25, -0.2) is 0 Å². The van der Waals surface area contributed by atoms with E-state index in [4.69, 9.17) is 22.4 Å². The summed E-state index contributed by atoms with van der Waals surface area (Å²) in [7, 11) is 0. The lowest BCUT2D eigenvalue weighted by Crippen LogP contribution is -2.17. The fourth-order valence-corrected chi connectivity index (χ4v) is 1.67. The number of aliphatic carboxylic acids is 1. The Morgan fingerprint density at radius 3 is 2.71 bits per heavy atom. The number of rotatable bonds is 5. The average Bonchev–Trinajstić information content (AvgIpc) is 2.14. The Kier molecular flexibility index (Phi) is 4.65. The van der Waals surface area contributed by atoms with E-state index in [9.17, 15) is 13.6 Å². The van der Waals surface area contributed by atoms with Gasteiger partial charge in [0.15, 0.2) is 0 Å². The first kappa shape index (κ1) is 13.7. The van der Waals surface area contributed by atoms with Crippen LogP contribution in [-0.4, -0.2) is 17.7 Å². The molecule has 0 aliphatic carbocycles. The number of benzene rings is 1. The van der Waals surface area contributed by atoms with Gasteiger partial charge in [-0.3, -0.25) is 4.79 Å². The summed E-state index contributed by atoms with van der Waals surface area (Å²) in [5, 5.41) is 8.69. The molecule has 4 nitrogen and oxygen atoms in total. The molecule has 1 rings (SSSR count). The van der Waals surface area contributed by atoms with E-state index < -0.39 is 25.0 Å². The van der Waals surface area contributed by atoms with E-state index in [0.717, 1.165) is 0 Å². The van der Waals surface area contributed by atoms with Crippen molar-refractivity contribution in [2.75, 3.05) is 0 Å². The van der Waals surface area contributed by atoms with Crippen LogP contribution in [0.25, 0.3) is 0 Å². The van der Waals surface area contributed by atoms with E-state index in [1.54, 1.807) is 0 Å². The highest BCUT2D eigenvalue weighted by molar-refractivity contribution is 6.31. The average molecular weight is 266 g/mol. The molecule has 1 aromatic carbocycles. The second-order valence-corrected chi connectivity index (χ2v) is 3.64. The number of ether oxygens (including phenoxy) is 1. The highest BCUT2D eigenvalue weighted by Gasteiger charge is 2.20. The molecule has 0 heterocycles. The molecule has 0 radical (unpaired) electrons. The molecule has 0 bridgehead atoms. The van der Waals surface area contributed by atoms with Crippen LogP contribution in [0.15, 0.2) is 18.2 Å². The highest BCUT2D eigenvalue weighted by atomic mass is 35.5. The zero-order valence-electron chi connectivity index (χ0n) is 8.57. The van der Waals surface area contributed by atoms with Gasteiger partial charge in [0.1, 0.15) is 5.75 Å². The van der Waals surface area contributed by atoms with Gasteiger partial charge in [0.25, 0.3) is 0 Å². The second-order valence-electron chi connectivity index (χ2n) is 3.23. The minimum absolute atomic E-state index is 0.0665. The zero-order chi connectivity index (χ0) is 13.0. The number of carbonyl (C=O) groups is 1. The molecule has 7 heteroatoms. The molecule has 0 aliphatic rings. The lowest BCUT2D eigenvalue weighted by molar-refractivity contribution is -0.137. The first-order chi connectivity index (χ1) is 7.91. The number of carboxylic acid groups (broad SMARTS) is 1. The standard InChI is InChI=1S/C10H10ClF2NO3/c11-5-2-1-3-7(17-10(12)13)9(5)6(14)4-8(15)16/h1-3,6,10H,4,14H2,(H,15,16)/t6-/m1/s1. The maximum Gasteiger partial charge on any atom is 0.387 e. The molecule has 1 aromatic rings. The van der Waals surface area contributed by atoms with Crippen molar-refractivity contribution in [2.45, 2.75) is 19.1 Å². The maximum atomic E-state index is 12.1. The Morgan fingerprint density at radius 2 is 2.18 bits per heavy atom. The number of carboxylic acids is 1. The van der Waals surface area contributed by atoms with Gasteiger partial charge in [-0.1, -0.05) is 17.7 Å². The molecule has 3 N–H and O–H groups in total. The minimum atomic E-state index is -3.02. The molecular weight excluding hydrogens is 256 g/mol. The SMILES string of the molecule is N[C@H](CC(=O)O)c1c(Cl)cccc1OC(F)F. The Bertz CT molecular complexity index is 415. The molecule has 0 spiro atoms. The van der Waals surface area contributed by atoms with Crippen LogP contribution in [0, 0.1) is 0 Å². The van der Waals surface area contributed by atoms with Crippen molar-refractivity contribution in [1.29, 1.82) is 0 Å². The van der Waals surface area contributed by atoms with Gasteiger partial charge in [-0.2, -0.15) is 8.78 Å². The second kappa shape index (κ2) is 5.79. The molecule has 94 valence electrons. The van der Waals surface area contributed by atoms with Gasteiger partial charge >= 0.3 is 12.6 Å². The maximum absolute atomic E-state index is 12.1. The quantitative estimate of drug-likeness (QED) is 0.857. The fourth-order valence-electron chi connectivity index (χ4n) is 1.37. The minimum Gasteiger partial charge on any atom is -0.481 e. The predicted octanol–water partition coefficient (Wildman–Crippen LogP) is 2.42. The number of hydrogen-bond donors (Lipinski definition) is 2. The molecule has 0 saturated carbocycles. The van der Waals surface area contributed by atoms with Crippen LogP contribution in [-0.2, 0) is 4.79 Å². The third kappa shape index (κ3) is 3.83. The first-order valence-corrected chi connectivity index (χ1v) is 5.00. The van der Waals surface area contributed by atoms with Crippen LogP contribution in [0.3, 0.4) is 0 Å². The summed E-state index contributed by atoms with van der Waals surface area (Å²) < 4.78 is 28.5. The lowest BCUT2D eigenvalue weighted by atomic mass is 10.0. The van der Waals surface area contributed by atoms with Crippen LogP contribution in [0.1, 0.15) is 18.0 Å². The highest BCUT2D eigenvalue weighted by Crippen LogP contribution is 2.33. The summed E-state index contributed by atoms with van der Waals surface area (Å²) in [4.78, 5) is 10.5. The van der Waals surface area contributed by atoms with Crippen molar-refractivity contribution < 1.29 is 23.4 Å². The molecule has 0 amide bonds. The summed E-state index contributed by atoms with van der Waals surface area (Å²) in [5.74, 6) is -1.36. The van der Waals surface area contributed by atoms with Crippen LogP contribution >= 0.6 is 11.6 Å². The van der Waals surface area contributed by atoms with Gasteiger partial charge in [0.05, 0.1) is 6.42 Å². The number of alkyl halides is 2. The van der Waals surface area contributed by atoms with Crippen LogP contribution < -0.4 is 10.5 Å².